The van der Waals surface area contributed by atoms with Gasteiger partial charge in [0.05, 0.1) is 14.2 Å². The van der Waals surface area contributed by atoms with E-state index >= 15 is 0 Å². The van der Waals surface area contributed by atoms with E-state index in [2.05, 4.69) is 0 Å². The van der Waals surface area contributed by atoms with Crippen molar-refractivity contribution in [3.8, 4) is 33.8 Å². The fourth-order valence-electron chi connectivity index (χ4n) is 3.76. The second-order valence-electron chi connectivity index (χ2n) is 7.67. The fraction of sp³-hybridized carbons (Fsp3) is 0.143. The van der Waals surface area contributed by atoms with Crippen LogP contribution in [0.4, 0.5) is 13.2 Å². The van der Waals surface area contributed by atoms with Gasteiger partial charge in [0.25, 0.3) is 0 Å². The predicted molar refractivity (Wildman–Crippen MR) is 124 cm³/mol. The summed E-state index contributed by atoms with van der Waals surface area (Å²) >= 11 is 0. The van der Waals surface area contributed by atoms with Crippen LogP contribution in [0.2, 0.25) is 0 Å². The van der Waals surface area contributed by atoms with Crippen molar-refractivity contribution in [1.82, 2.24) is 0 Å². The molecule has 4 aromatic rings. The number of benzene rings is 4. The normalized spacial score (nSPS) is 10.8. The summed E-state index contributed by atoms with van der Waals surface area (Å²) in [5.41, 5.74) is 3.71. The van der Waals surface area contributed by atoms with Crippen LogP contribution in [-0.2, 0) is 12.8 Å². The van der Waals surface area contributed by atoms with Gasteiger partial charge in [-0.25, -0.2) is 13.2 Å². The lowest BCUT2D eigenvalue weighted by Crippen LogP contribution is -2.00. The van der Waals surface area contributed by atoms with Crippen LogP contribution < -0.4 is 9.47 Å². The first kappa shape index (κ1) is 22.5. The van der Waals surface area contributed by atoms with E-state index in [1.54, 1.807) is 55.6 Å². The number of rotatable bonds is 7. The lowest BCUT2D eigenvalue weighted by Gasteiger charge is -2.10. The summed E-state index contributed by atoms with van der Waals surface area (Å²) in [4.78, 5) is 0. The highest BCUT2D eigenvalue weighted by Gasteiger charge is 2.15. The highest BCUT2D eigenvalue weighted by molar-refractivity contribution is 5.66. The summed E-state index contributed by atoms with van der Waals surface area (Å²) in [6.07, 6.45) is 0.914. The zero-order chi connectivity index (χ0) is 23.4. The van der Waals surface area contributed by atoms with Gasteiger partial charge in [-0.05, 0) is 64.9 Å². The van der Waals surface area contributed by atoms with Gasteiger partial charge in [-0.1, -0.05) is 54.6 Å². The van der Waals surface area contributed by atoms with E-state index in [9.17, 15) is 13.2 Å². The zero-order valence-electron chi connectivity index (χ0n) is 18.4. The molecule has 0 aliphatic carbocycles. The summed E-state index contributed by atoms with van der Waals surface area (Å²) in [5.74, 6) is -1.25. The third-order valence-electron chi connectivity index (χ3n) is 5.69. The molecule has 0 spiro atoms. The molecule has 4 aromatic carbocycles. The van der Waals surface area contributed by atoms with Crippen LogP contribution in [0.15, 0.2) is 78.9 Å². The monoisotopic (exact) mass is 448 g/mol. The summed E-state index contributed by atoms with van der Waals surface area (Å²) in [7, 11) is 2.98. The molecule has 0 saturated heterocycles. The largest absolute Gasteiger partial charge is 0.497 e. The molecule has 168 valence electrons. The molecule has 0 atom stereocenters. The van der Waals surface area contributed by atoms with Crippen LogP contribution in [0.25, 0.3) is 22.3 Å². The number of aryl methyl sites for hydroxylation is 2. The Morgan fingerprint density at radius 1 is 0.606 bits per heavy atom. The first-order valence-corrected chi connectivity index (χ1v) is 10.5. The van der Waals surface area contributed by atoms with Crippen molar-refractivity contribution >= 4 is 0 Å². The standard InChI is InChI=1S/C28H23F3O2/c1-32-23-13-9-20(10-14-23)24-15-11-21(27(30)28(24)31)8-5-18-3-6-19(7-4-18)22-12-16-26(33-2)25(29)17-22/h3-4,6-7,9-17H,5,8H2,1-2H3. The minimum atomic E-state index is -0.852. The van der Waals surface area contributed by atoms with Gasteiger partial charge in [0.1, 0.15) is 5.75 Å². The third kappa shape index (κ3) is 4.87. The average Bonchev–Trinajstić information content (AvgIpc) is 2.85. The lowest BCUT2D eigenvalue weighted by atomic mass is 9.97. The van der Waals surface area contributed by atoms with Gasteiger partial charge in [0.2, 0.25) is 0 Å². The SMILES string of the molecule is COc1ccc(-c2ccc(CCc3ccc(-c4ccc(OC)c(F)c4)cc3)c(F)c2F)cc1. The maximum atomic E-state index is 14.7. The summed E-state index contributed by atoms with van der Waals surface area (Å²) < 4.78 is 53.5. The van der Waals surface area contributed by atoms with Crippen LogP contribution in [0, 0.1) is 17.5 Å². The van der Waals surface area contributed by atoms with Crippen molar-refractivity contribution < 1.29 is 22.6 Å². The molecule has 0 N–H and O–H groups in total. The number of hydrogen-bond donors (Lipinski definition) is 0. The van der Waals surface area contributed by atoms with Crippen LogP contribution >= 0.6 is 0 Å². The Balaban J connectivity index is 1.46. The number of ether oxygens (including phenoxy) is 2. The minimum Gasteiger partial charge on any atom is -0.497 e. The molecule has 0 bridgehead atoms. The predicted octanol–water partition coefficient (Wildman–Crippen LogP) is 7.24. The second-order valence-corrected chi connectivity index (χ2v) is 7.67. The average molecular weight is 448 g/mol. The number of halogens is 3. The van der Waals surface area contributed by atoms with Crippen molar-refractivity contribution in [3.05, 3.63) is 107 Å². The van der Waals surface area contributed by atoms with E-state index < -0.39 is 17.5 Å². The molecule has 0 radical (unpaired) electrons. The smallest absolute Gasteiger partial charge is 0.166 e. The molecule has 0 aliphatic heterocycles. The first-order chi connectivity index (χ1) is 16.0. The molecule has 4 rings (SSSR count). The molecular formula is C28H23F3O2. The Kier molecular flexibility index (Phi) is 6.68. The zero-order valence-corrected chi connectivity index (χ0v) is 18.4. The fourth-order valence-corrected chi connectivity index (χ4v) is 3.76. The van der Waals surface area contributed by atoms with Crippen molar-refractivity contribution in [2.45, 2.75) is 12.8 Å². The van der Waals surface area contributed by atoms with Gasteiger partial charge in [0.15, 0.2) is 23.2 Å². The van der Waals surface area contributed by atoms with E-state index in [4.69, 9.17) is 9.47 Å². The van der Waals surface area contributed by atoms with E-state index in [1.165, 1.54) is 13.2 Å². The maximum absolute atomic E-state index is 14.7. The van der Waals surface area contributed by atoms with Gasteiger partial charge in [-0.3, -0.25) is 0 Å². The van der Waals surface area contributed by atoms with Crippen LogP contribution in [0.5, 0.6) is 11.5 Å². The summed E-state index contributed by atoms with van der Waals surface area (Å²) in [5, 5.41) is 0. The van der Waals surface area contributed by atoms with E-state index in [0.717, 1.165) is 16.7 Å². The van der Waals surface area contributed by atoms with Gasteiger partial charge in [-0.2, -0.15) is 0 Å². The Bertz CT molecular complexity index is 1250. The molecule has 33 heavy (non-hydrogen) atoms. The second kappa shape index (κ2) is 9.82. The topological polar surface area (TPSA) is 18.5 Å². The molecule has 0 fully saturated rings. The Hall–Kier alpha value is -3.73. The van der Waals surface area contributed by atoms with Crippen molar-refractivity contribution in [2.75, 3.05) is 14.2 Å². The van der Waals surface area contributed by atoms with E-state index in [-0.39, 0.29) is 11.3 Å². The molecule has 2 nitrogen and oxygen atoms in total. The molecule has 5 heteroatoms. The quantitative estimate of drug-likeness (QED) is 0.297. The molecule has 0 aromatic heterocycles. The van der Waals surface area contributed by atoms with Crippen LogP contribution in [-0.4, -0.2) is 14.2 Å². The Morgan fingerprint density at radius 2 is 1.27 bits per heavy atom. The molecule has 0 saturated carbocycles. The van der Waals surface area contributed by atoms with Crippen LogP contribution in [0.1, 0.15) is 11.1 Å². The molecular weight excluding hydrogens is 425 g/mol. The van der Waals surface area contributed by atoms with E-state index in [1.807, 2.05) is 24.3 Å². The van der Waals surface area contributed by atoms with Crippen LogP contribution in [0.3, 0.4) is 0 Å². The van der Waals surface area contributed by atoms with Gasteiger partial charge in [-0.15, -0.1) is 0 Å². The van der Waals surface area contributed by atoms with Crippen molar-refractivity contribution in [1.29, 1.82) is 0 Å². The molecule has 0 unspecified atom stereocenters. The number of methoxy groups -OCH3 is 2. The summed E-state index contributed by atoms with van der Waals surface area (Å²) in [6, 6.07) is 22.5. The highest BCUT2D eigenvalue weighted by Crippen LogP contribution is 2.29. The summed E-state index contributed by atoms with van der Waals surface area (Å²) in [6.45, 7) is 0. The van der Waals surface area contributed by atoms with E-state index in [0.29, 0.717) is 29.7 Å². The van der Waals surface area contributed by atoms with Gasteiger partial charge in [0, 0.05) is 5.56 Å². The highest BCUT2D eigenvalue weighted by atomic mass is 19.2. The van der Waals surface area contributed by atoms with Gasteiger partial charge >= 0.3 is 0 Å². The first-order valence-electron chi connectivity index (χ1n) is 10.5. The van der Waals surface area contributed by atoms with Crippen molar-refractivity contribution in [3.63, 3.8) is 0 Å². The Morgan fingerprint density at radius 3 is 1.91 bits per heavy atom. The third-order valence-corrected chi connectivity index (χ3v) is 5.69. The minimum absolute atomic E-state index is 0.197. The number of hydrogen-bond acceptors (Lipinski definition) is 2. The molecule has 0 heterocycles. The van der Waals surface area contributed by atoms with Gasteiger partial charge < -0.3 is 9.47 Å². The van der Waals surface area contributed by atoms with Crippen molar-refractivity contribution in [2.24, 2.45) is 0 Å². The molecule has 0 aliphatic rings. The lowest BCUT2D eigenvalue weighted by molar-refractivity contribution is 0.386. The Labute approximate surface area is 191 Å². The maximum Gasteiger partial charge on any atom is 0.166 e. The molecule has 0 amide bonds.